The van der Waals surface area contributed by atoms with Gasteiger partial charge in [-0.25, -0.2) is 12.8 Å². The van der Waals surface area contributed by atoms with Crippen molar-refractivity contribution in [1.82, 2.24) is 9.21 Å². The molecule has 1 heterocycles. The van der Waals surface area contributed by atoms with E-state index in [1.54, 1.807) is 4.90 Å². The molecule has 0 bridgehead atoms. The smallest absolute Gasteiger partial charge is 0.243 e. The standard InChI is InChI=1S/C23H25FN2O3S/c1-3-14-25(16-19-8-6-18(2)7-9-19)23(27)20-5-4-15-26(17-20)30(28,29)22-12-10-21(24)11-13-22/h1,6-13,20H,4-5,14-17H2,2H3. The van der Waals surface area contributed by atoms with Gasteiger partial charge in [0.15, 0.2) is 0 Å². The lowest BCUT2D eigenvalue weighted by Gasteiger charge is -2.34. The van der Waals surface area contributed by atoms with Gasteiger partial charge in [-0.15, -0.1) is 6.42 Å². The number of hydrogen-bond donors (Lipinski definition) is 0. The van der Waals surface area contributed by atoms with E-state index in [2.05, 4.69) is 5.92 Å². The van der Waals surface area contributed by atoms with Gasteiger partial charge in [-0.2, -0.15) is 4.31 Å². The Bertz CT molecular complexity index is 1030. The van der Waals surface area contributed by atoms with Gasteiger partial charge >= 0.3 is 0 Å². The molecule has 1 aliphatic rings. The third-order valence-corrected chi connectivity index (χ3v) is 7.15. The minimum absolute atomic E-state index is 0.0251. The Kier molecular flexibility index (Phi) is 6.91. The van der Waals surface area contributed by atoms with Crippen LogP contribution in [-0.4, -0.2) is 43.2 Å². The van der Waals surface area contributed by atoms with Crippen molar-refractivity contribution in [3.05, 3.63) is 65.5 Å². The summed E-state index contributed by atoms with van der Waals surface area (Å²) >= 11 is 0. The van der Waals surface area contributed by atoms with Gasteiger partial charge in [0.2, 0.25) is 15.9 Å². The summed E-state index contributed by atoms with van der Waals surface area (Å²) in [6, 6.07) is 12.6. The SMILES string of the molecule is C#CCN(Cc1ccc(C)cc1)C(=O)C1CCCN(S(=O)(=O)c2ccc(F)cc2)C1. The molecule has 1 fully saturated rings. The molecule has 0 saturated carbocycles. The average Bonchev–Trinajstić information content (AvgIpc) is 2.75. The molecule has 158 valence electrons. The molecule has 2 aromatic rings. The number of amides is 1. The molecule has 0 spiro atoms. The molecular formula is C23H25FN2O3S. The van der Waals surface area contributed by atoms with Crippen LogP contribution in [0.2, 0.25) is 0 Å². The molecule has 0 N–H and O–H groups in total. The van der Waals surface area contributed by atoms with Gasteiger partial charge in [0.05, 0.1) is 17.4 Å². The fourth-order valence-electron chi connectivity index (χ4n) is 3.61. The number of nitrogens with zero attached hydrogens (tertiary/aromatic N) is 2. The number of aryl methyl sites for hydroxylation is 1. The summed E-state index contributed by atoms with van der Waals surface area (Å²) in [5.74, 6) is 1.42. The third-order valence-electron chi connectivity index (χ3n) is 5.27. The molecule has 0 aromatic heterocycles. The van der Waals surface area contributed by atoms with Gasteiger partial charge in [-0.1, -0.05) is 35.7 Å². The van der Waals surface area contributed by atoms with Crippen molar-refractivity contribution >= 4 is 15.9 Å². The second-order valence-corrected chi connectivity index (χ2v) is 9.48. The van der Waals surface area contributed by atoms with E-state index >= 15 is 0 Å². The van der Waals surface area contributed by atoms with Crippen molar-refractivity contribution in [2.24, 2.45) is 5.92 Å². The highest BCUT2D eigenvalue weighted by atomic mass is 32.2. The fraction of sp³-hybridized carbons (Fsp3) is 0.348. The zero-order valence-corrected chi connectivity index (χ0v) is 17.7. The van der Waals surface area contributed by atoms with Crippen molar-refractivity contribution in [2.45, 2.75) is 31.2 Å². The molecule has 1 saturated heterocycles. The largest absolute Gasteiger partial charge is 0.327 e. The second kappa shape index (κ2) is 9.41. The normalized spacial score (nSPS) is 17.3. The minimum atomic E-state index is -3.79. The first-order valence-corrected chi connectivity index (χ1v) is 11.3. The van der Waals surface area contributed by atoms with Gasteiger partial charge in [0, 0.05) is 19.6 Å². The van der Waals surface area contributed by atoms with Crippen LogP contribution in [0.5, 0.6) is 0 Å². The minimum Gasteiger partial charge on any atom is -0.327 e. The van der Waals surface area contributed by atoms with Gasteiger partial charge in [-0.3, -0.25) is 4.79 Å². The van der Waals surface area contributed by atoms with E-state index in [0.717, 1.165) is 23.3 Å². The van der Waals surface area contributed by atoms with Crippen molar-refractivity contribution in [3.8, 4) is 12.3 Å². The summed E-state index contributed by atoms with van der Waals surface area (Å²) in [6.45, 7) is 2.95. The number of carbonyl (C=O) groups is 1. The first kappa shape index (κ1) is 22.0. The highest BCUT2D eigenvalue weighted by Crippen LogP contribution is 2.25. The van der Waals surface area contributed by atoms with Gasteiger partial charge < -0.3 is 4.90 Å². The number of terminal acetylenes is 1. The summed E-state index contributed by atoms with van der Waals surface area (Å²) in [5, 5.41) is 0. The molecule has 1 aliphatic heterocycles. The Morgan fingerprint density at radius 2 is 1.87 bits per heavy atom. The molecule has 1 unspecified atom stereocenters. The molecule has 0 aliphatic carbocycles. The predicted octanol–water partition coefficient (Wildman–Crippen LogP) is 3.20. The average molecular weight is 429 g/mol. The Labute approximate surface area is 177 Å². The van der Waals surface area contributed by atoms with Crippen LogP contribution in [0.25, 0.3) is 0 Å². The molecule has 0 radical (unpaired) electrons. The van der Waals surface area contributed by atoms with E-state index in [-0.39, 0.29) is 23.9 Å². The maximum absolute atomic E-state index is 13.2. The lowest BCUT2D eigenvalue weighted by Crippen LogP contribution is -2.46. The predicted molar refractivity (Wildman–Crippen MR) is 113 cm³/mol. The number of rotatable bonds is 6. The maximum Gasteiger partial charge on any atom is 0.243 e. The zero-order chi connectivity index (χ0) is 21.7. The van der Waals surface area contributed by atoms with Gasteiger partial charge in [0.1, 0.15) is 5.82 Å². The maximum atomic E-state index is 13.2. The summed E-state index contributed by atoms with van der Waals surface area (Å²) in [4.78, 5) is 14.8. The first-order valence-electron chi connectivity index (χ1n) is 9.85. The van der Waals surface area contributed by atoms with Crippen LogP contribution in [0, 0.1) is 31.0 Å². The lowest BCUT2D eigenvalue weighted by molar-refractivity contribution is -0.136. The van der Waals surface area contributed by atoms with E-state index in [4.69, 9.17) is 6.42 Å². The van der Waals surface area contributed by atoms with Crippen LogP contribution in [0.1, 0.15) is 24.0 Å². The number of hydrogen-bond acceptors (Lipinski definition) is 3. The van der Waals surface area contributed by atoms with Crippen LogP contribution < -0.4 is 0 Å². The highest BCUT2D eigenvalue weighted by molar-refractivity contribution is 7.89. The number of carbonyl (C=O) groups excluding carboxylic acids is 1. The van der Waals surface area contributed by atoms with Gasteiger partial charge in [-0.05, 0) is 49.6 Å². The molecular weight excluding hydrogens is 403 g/mol. The second-order valence-electron chi connectivity index (χ2n) is 7.54. The summed E-state index contributed by atoms with van der Waals surface area (Å²) in [7, 11) is -3.79. The van der Waals surface area contributed by atoms with E-state index in [0.29, 0.717) is 25.9 Å². The topological polar surface area (TPSA) is 57.7 Å². The lowest BCUT2D eigenvalue weighted by atomic mass is 9.97. The summed E-state index contributed by atoms with van der Waals surface area (Å²) in [6.07, 6.45) is 6.65. The Hall–Kier alpha value is -2.69. The van der Waals surface area contributed by atoms with Crippen LogP contribution in [-0.2, 0) is 21.4 Å². The van der Waals surface area contributed by atoms with Crippen LogP contribution >= 0.6 is 0 Å². The number of sulfonamides is 1. The van der Waals surface area contributed by atoms with Crippen molar-refractivity contribution in [3.63, 3.8) is 0 Å². The number of halogens is 1. The van der Waals surface area contributed by atoms with Crippen LogP contribution in [0.3, 0.4) is 0 Å². The highest BCUT2D eigenvalue weighted by Gasteiger charge is 2.35. The van der Waals surface area contributed by atoms with Crippen molar-refractivity contribution in [1.29, 1.82) is 0 Å². The quantitative estimate of drug-likeness (QED) is 0.664. The monoisotopic (exact) mass is 428 g/mol. The van der Waals surface area contributed by atoms with Gasteiger partial charge in [0.25, 0.3) is 0 Å². The van der Waals surface area contributed by atoms with Crippen LogP contribution in [0.4, 0.5) is 4.39 Å². The van der Waals surface area contributed by atoms with Crippen molar-refractivity contribution < 1.29 is 17.6 Å². The van der Waals surface area contributed by atoms with E-state index in [9.17, 15) is 17.6 Å². The summed E-state index contributed by atoms with van der Waals surface area (Å²) < 4.78 is 40.3. The number of benzene rings is 2. The molecule has 3 rings (SSSR count). The Morgan fingerprint density at radius 1 is 1.20 bits per heavy atom. The Balaban J connectivity index is 1.75. The van der Waals surface area contributed by atoms with E-state index in [1.807, 2.05) is 31.2 Å². The molecule has 7 heteroatoms. The van der Waals surface area contributed by atoms with Crippen molar-refractivity contribution in [2.75, 3.05) is 19.6 Å². The van der Waals surface area contributed by atoms with E-state index < -0.39 is 21.8 Å². The fourth-order valence-corrected chi connectivity index (χ4v) is 5.14. The van der Waals surface area contributed by atoms with E-state index in [1.165, 1.54) is 16.4 Å². The molecule has 1 atom stereocenters. The zero-order valence-electron chi connectivity index (χ0n) is 16.9. The first-order chi connectivity index (χ1) is 14.3. The summed E-state index contributed by atoms with van der Waals surface area (Å²) in [5.41, 5.74) is 2.10. The molecule has 2 aromatic carbocycles. The molecule has 1 amide bonds. The van der Waals surface area contributed by atoms with Crippen LogP contribution in [0.15, 0.2) is 53.4 Å². The number of piperidine rings is 1. The molecule has 5 nitrogen and oxygen atoms in total. The Morgan fingerprint density at radius 3 is 2.50 bits per heavy atom. The third kappa shape index (κ3) is 5.07. The molecule has 30 heavy (non-hydrogen) atoms.